The van der Waals surface area contributed by atoms with Crippen LogP contribution in [0.2, 0.25) is 0 Å². The van der Waals surface area contributed by atoms with Gasteiger partial charge in [-0.05, 0) is 12.5 Å². The molecule has 1 aromatic rings. The molecule has 1 aromatic heterocycles. The molecule has 1 unspecified atom stereocenters. The van der Waals surface area contributed by atoms with E-state index in [-0.39, 0.29) is 11.8 Å². The van der Waals surface area contributed by atoms with Crippen molar-refractivity contribution in [3.05, 3.63) is 30.1 Å². The average Bonchev–Trinajstić information content (AvgIpc) is 2.27. The first kappa shape index (κ1) is 10.9. The summed E-state index contributed by atoms with van der Waals surface area (Å²) in [7, 11) is 0. The fourth-order valence-electron chi connectivity index (χ4n) is 1.46. The van der Waals surface area contributed by atoms with Gasteiger partial charge in [0.15, 0.2) is 18.2 Å². The van der Waals surface area contributed by atoms with E-state index in [0.29, 0.717) is 6.42 Å². The minimum atomic E-state index is -0.0356. The SMILES string of the molecule is CCC(=O)C(C)[n+]1cccc(CC)c1. The first-order valence-electron chi connectivity index (χ1n) is 5.21. The minimum Gasteiger partial charge on any atom is -0.292 e. The number of Topliss-reactive ketones (excluding diaryl/α,β-unsaturated/α-hetero) is 1. The van der Waals surface area contributed by atoms with Crippen molar-refractivity contribution in [2.45, 2.75) is 39.7 Å². The molecule has 0 aliphatic carbocycles. The van der Waals surface area contributed by atoms with Crippen LogP contribution in [0.1, 0.15) is 38.8 Å². The third kappa shape index (κ3) is 2.41. The Morgan fingerprint density at radius 3 is 2.79 bits per heavy atom. The number of aryl methyl sites for hydroxylation is 1. The molecular weight excluding hydrogens is 174 g/mol. The molecule has 0 saturated carbocycles. The standard InChI is InChI=1S/C12H18NO/c1-4-11-7-6-8-13(9-11)10(3)12(14)5-2/h6-10H,4-5H2,1-3H3/q+1. The number of pyridine rings is 1. The topological polar surface area (TPSA) is 20.9 Å². The predicted octanol–water partition coefficient (Wildman–Crippen LogP) is 2.08. The smallest absolute Gasteiger partial charge is 0.213 e. The van der Waals surface area contributed by atoms with Gasteiger partial charge in [0, 0.05) is 25.0 Å². The maximum atomic E-state index is 11.5. The number of aromatic nitrogens is 1. The zero-order chi connectivity index (χ0) is 10.6. The molecule has 0 amide bonds. The van der Waals surface area contributed by atoms with Crippen LogP contribution in [-0.2, 0) is 11.2 Å². The molecule has 0 aliphatic rings. The van der Waals surface area contributed by atoms with Crippen LogP contribution in [0.25, 0.3) is 0 Å². The molecular formula is C12H18NO+. The molecule has 0 spiro atoms. The lowest BCUT2D eigenvalue weighted by Gasteiger charge is -2.05. The maximum Gasteiger partial charge on any atom is 0.213 e. The van der Waals surface area contributed by atoms with E-state index in [1.807, 2.05) is 30.7 Å². The van der Waals surface area contributed by atoms with Gasteiger partial charge in [-0.1, -0.05) is 13.8 Å². The van der Waals surface area contributed by atoms with Crippen molar-refractivity contribution in [2.75, 3.05) is 0 Å². The van der Waals surface area contributed by atoms with E-state index in [4.69, 9.17) is 0 Å². The zero-order valence-corrected chi connectivity index (χ0v) is 9.16. The normalized spacial score (nSPS) is 12.5. The predicted molar refractivity (Wildman–Crippen MR) is 56.0 cm³/mol. The van der Waals surface area contributed by atoms with Crippen molar-refractivity contribution in [1.82, 2.24) is 0 Å². The first-order chi connectivity index (χ1) is 6.69. The Kier molecular flexibility index (Phi) is 3.81. The van der Waals surface area contributed by atoms with Crippen LogP contribution in [0.3, 0.4) is 0 Å². The van der Waals surface area contributed by atoms with E-state index in [9.17, 15) is 4.79 Å². The van der Waals surface area contributed by atoms with Crippen molar-refractivity contribution >= 4 is 5.78 Å². The molecule has 1 rings (SSSR count). The highest BCUT2D eigenvalue weighted by molar-refractivity contribution is 5.80. The highest BCUT2D eigenvalue weighted by Crippen LogP contribution is 2.02. The second kappa shape index (κ2) is 4.89. The Labute approximate surface area is 85.6 Å². The largest absolute Gasteiger partial charge is 0.292 e. The molecule has 76 valence electrons. The van der Waals surface area contributed by atoms with Gasteiger partial charge in [0.2, 0.25) is 6.04 Å². The second-order valence-electron chi connectivity index (χ2n) is 3.51. The number of nitrogens with zero attached hydrogens (tertiary/aromatic N) is 1. The summed E-state index contributed by atoms with van der Waals surface area (Å²) in [6, 6.07) is 4.05. The van der Waals surface area contributed by atoms with Gasteiger partial charge in [0.1, 0.15) is 0 Å². The Morgan fingerprint density at radius 2 is 2.21 bits per heavy atom. The van der Waals surface area contributed by atoms with Crippen LogP contribution in [-0.4, -0.2) is 5.78 Å². The summed E-state index contributed by atoms with van der Waals surface area (Å²) >= 11 is 0. The molecule has 1 heterocycles. The molecule has 0 bridgehead atoms. The highest BCUT2D eigenvalue weighted by atomic mass is 16.1. The molecule has 0 N–H and O–H groups in total. The Bertz CT molecular complexity index is 320. The van der Waals surface area contributed by atoms with E-state index < -0.39 is 0 Å². The number of carbonyl (C=O) groups excluding carboxylic acids is 1. The van der Waals surface area contributed by atoms with Crippen LogP contribution in [0.5, 0.6) is 0 Å². The van der Waals surface area contributed by atoms with Crippen molar-refractivity contribution in [2.24, 2.45) is 0 Å². The van der Waals surface area contributed by atoms with E-state index >= 15 is 0 Å². The Balaban J connectivity index is 2.89. The van der Waals surface area contributed by atoms with Gasteiger partial charge >= 0.3 is 0 Å². The summed E-state index contributed by atoms with van der Waals surface area (Å²) in [5.74, 6) is 0.281. The fourth-order valence-corrected chi connectivity index (χ4v) is 1.46. The average molecular weight is 192 g/mol. The molecule has 0 aliphatic heterocycles. The Hall–Kier alpha value is -1.18. The lowest BCUT2D eigenvalue weighted by Crippen LogP contribution is -2.41. The summed E-state index contributed by atoms with van der Waals surface area (Å²) in [6.45, 7) is 5.97. The molecule has 2 heteroatoms. The second-order valence-corrected chi connectivity index (χ2v) is 3.51. The monoisotopic (exact) mass is 192 g/mol. The first-order valence-corrected chi connectivity index (χ1v) is 5.21. The molecule has 0 saturated heterocycles. The number of carbonyl (C=O) groups is 1. The molecule has 0 radical (unpaired) electrons. The van der Waals surface area contributed by atoms with E-state index in [1.54, 1.807) is 0 Å². The number of ketones is 1. The zero-order valence-electron chi connectivity index (χ0n) is 9.16. The summed E-state index contributed by atoms with van der Waals surface area (Å²) < 4.78 is 1.99. The lowest BCUT2D eigenvalue weighted by atomic mass is 10.1. The van der Waals surface area contributed by atoms with Crippen molar-refractivity contribution < 1.29 is 9.36 Å². The minimum absolute atomic E-state index is 0.0356. The Morgan fingerprint density at radius 1 is 1.50 bits per heavy atom. The molecule has 0 aromatic carbocycles. The van der Waals surface area contributed by atoms with Gasteiger partial charge in [0.05, 0.1) is 0 Å². The van der Waals surface area contributed by atoms with E-state index in [2.05, 4.69) is 19.2 Å². The van der Waals surface area contributed by atoms with Gasteiger partial charge in [0.25, 0.3) is 0 Å². The van der Waals surface area contributed by atoms with E-state index in [0.717, 1.165) is 6.42 Å². The summed E-state index contributed by atoms with van der Waals surface area (Å²) in [5, 5.41) is 0. The quantitative estimate of drug-likeness (QED) is 0.669. The van der Waals surface area contributed by atoms with Crippen LogP contribution >= 0.6 is 0 Å². The highest BCUT2D eigenvalue weighted by Gasteiger charge is 2.19. The van der Waals surface area contributed by atoms with Crippen LogP contribution in [0.4, 0.5) is 0 Å². The maximum absolute atomic E-state index is 11.5. The van der Waals surface area contributed by atoms with Crippen LogP contribution in [0, 0.1) is 0 Å². The lowest BCUT2D eigenvalue weighted by molar-refractivity contribution is -0.706. The third-order valence-corrected chi connectivity index (χ3v) is 2.55. The number of hydrogen-bond acceptors (Lipinski definition) is 1. The van der Waals surface area contributed by atoms with Gasteiger partial charge < -0.3 is 0 Å². The van der Waals surface area contributed by atoms with E-state index in [1.165, 1.54) is 5.56 Å². The molecule has 1 atom stereocenters. The van der Waals surface area contributed by atoms with Crippen molar-refractivity contribution in [3.8, 4) is 0 Å². The third-order valence-electron chi connectivity index (χ3n) is 2.55. The van der Waals surface area contributed by atoms with Crippen molar-refractivity contribution in [1.29, 1.82) is 0 Å². The van der Waals surface area contributed by atoms with Crippen LogP contribution < -0.4 is 4.57 Å². The number of hydrogen-bond donors (Lipinski definition) is 0. The van der Waals surface area contributed by atoms with Crippen LogP contribution in [0.15, 0.2) is 24.5 Å². The summed E-state index contributed by atoms with van der Waals surface area (Å²) in [6.07, 6.45) is 5.62. The van der Waals surface area contributed by atoms with Crippen molar-refractivity contribution in [3.63, 3.8) is 0 Å². The molecule has 2 nitrogen and oxygen atoms in total. The number of rotatable bonds is 4. The summed E-state index contributed by atoms with van der Waals surface area (Å²) in [4.78, 5) is 11.5. The van der Waals surface area contributed by atoms with Gasteiger partial charge in [-0.3, -0.25) is 4.79 Å². The molecule has 14 heavy (non-hydrogen) atoms. The summed E-state index contributed by atoms with van der Waals surface area (Å²) in [5.41, 5.74) is 1.27. The van der Waals surface area contributed by atoms with Gasteiger partial charge in [-0.15, -0.1) is 0 Å². The fraction of sp³-hybridized carbons (Fsp3) is 0.500. The van der Waals surface area contributed by atoms with Gasteiger partial charge in [-0.25, -0.2) is 0 Å². The van der Waals surface area contributed by atoms with Gasteiger partial charge in [-0.2, -0.15) is 4.57 Å². The molecule has 0 fully saturated rings.